The Labute approximate surface area is 196 Å². The normalized spacial score (nSPS) is 11.5. The van der Waals surface area contributed by atoms with Crippen molar-refractivity contribution in [1.82, 2.24) is 0 Å². The number of thioether (sulfide) groups is 1. The molecule has 0 saturated carbocycles. The van der Waals surface area contributed by atoms with Crippen LogP contribution in [0.1, 0.15) is 67.9 Å². The predicted octanol–water partition coefficient (Wildman–Crippen LogP) is 9.40. The molecule has 32 heavy (non-hydrogen) atoms. The van der Waals surface area contributed by atoms with Crippen LogP contribution in [0.25, 0.3) is 0 Å². The maximum Gasteiger partial charge on any atom is 0.416 e. The molecule has 0 unspecified atom stereocenters. The number of allylic oxidation sites excluding steroid dienone is 6. The first-order valence-corrected chi connectivity index (χ1v) is 11.4. The van der Waals surface area contributed by atoms with Gasteiger partial charge in [-0.05, 0) is 69.7 Å². The maximum atomic E-state index is 12.4. The second-order valence-electron chi connectivity index (χ2n) is 7.09. The van der Waals surface area contributed by atoms with Crippen LogP contribution in [0.2, 0.25) is 0 Å². The van der Waals surface area contributed by atoms with E-state index in [0.717, 1.165) is 28.2 Å². The van der Waals surface area contributed by atoms with Crippen molar-refractivity contribution in [2.45, 2.75) is 68.5 Å². The zero-order chi connectivity index (χ0) is 25.5. The summed E-state index contributed by atoms with van der Waals surface area (Å²) in [4.78, 5) is 12.0. The molecule has 0 aromatic heterocycles. The van der Waals surface area contributed by atoms with Crippen LogP contribution >= 0.6 is 11.8 Å². The molecule has 0 bridgehead atoms. The molecule has 1 aromatic rings. The van der Waals surface area contributed by atoms with Gasteiger partial charge in [0.1, 0.15) is 0 Å². The highest BCUT2D eigenvalue weighted by molar-refractivity contribution is 8.06. The molecule has 6 heteroatoms. The van der Waals surface area contributed by atoms with Crippen LogP contribution in [-0.4, -0.2) is 5.78 Å². The van der Waals surface area contributed by atoms with Crippen molar-refractivity contribution in [1.29, 1.82) is 0 Å². The van der Waals surface area contributed by atoms with Crippen LogP contribution in [-0.2, 0) is 11.0 Å². The van der Waals surface area contributed by atoms with Crippen molar-refractivity contribution in [2.75, 3.05) is 5.32 Å². The van der Waals surface area contributed by atoms with E-state index in [2.05, 4.69) is 25.7 Å². The molecule has 2 nitrogen and oxygen atoms in total. The number of anilines is 1. The Hall–Kier alpha value is -2.21. The molecule has 0 spiro atoms. The monoisotopic (exact) mass is 469 g/mol. The molecule has 0 aliphatic rings. The Morgan fingerprint density at radius 2 is 1.53 bits per heavy atom. The van der Waals surface area contributed by atoms with Gasteiger partial charge in [-0.25, -0.2) is 0 Å². The number of hydrogen-bond donors (Lipinski definition) is 1. The van der Waals surface area contributed by atoms with Crippen LogP contribution in [0.3, 0.4) is 0 Å². The van der Waals surface area contributed by atoms with Gasteiger partial charge in [-0.3, -0.25) is 4.79 Å². The number of nitrogens with one attached hydrogen (secondary N) is 1. The first kappa shape index (κ1) is 32.0. The summed E-state index contributed by atoms with van der Waals surface area (Å²) in [5, 5.41) is 3.69. The van der Waals surface area contributed by atoms with Crippen molar-refractivity contribution in [2.24, 2.45) is 5.92 Å². The number of hydrogen-bond acceptors (Lipinski definition) is 3. The molecule has 0 radical (unpaired) electrons. The summed E-state index contributed by atoms with van der Waals surface area (Å²) < 4.78 is 37.3. The Morgan fingerprint density at radius 1 is 1.03 bits per heavy atom. The quantitative estimate of drug-likeness (QED) is 0.318. The van der Waals surface area contributed by atoms with Gasteiger partial charge in [0, 0.05) is 11.3 Å². The molecule has 1 N–H and O–H groups in total. The highest BCUT2D eigenvalue weighted by Gasteiger charge is 2.29. The second-order valence-corrected chi connectivity index (χ2v) is 8.26. The molecular formula is C26H38F3NOS. The third-order valence-electron chi connectivity index (χ3n) is 3.75. The third-order valence-corrected chi connectivity index (χ3v) is 5.04. The van der Waals surface area contributed by atoms with Crippen LogP contribution in [0.4, 0.5) is 18.9 Å². The summed E-state index contributed by atoms with van der Waals surface area (Å²) >= 11 is 1.49. The van der Waals surface area contributed by atoms with E-state index in [4.69, 9.17) is 0 Å². The van der Waals surface area contributed by atoms with Gasteiger partial charge in [0.2, 0.25) is 0 Å². The molecular weight excluding hydrogens is 431 g/mol. The van der Waals surface area contributed by atoms with E-state index in [-0.39, 0.29) is 5.78 Å². The van der Waals surface area contributed by atoms with Crippen molar-refractivity contribution >= 4 is 23.2 Å². The lowest BCUT2D eigenvalue weighted by Gasteiger charge is -2.14. The number of ketones is 1. The average Bonchev–Trinajstić information content (AvgIpc) is 2.71. The van der Waals surface area contributed by atoms with Crippen molar-refractivity contribution in [3.63, 3.8) is 0 Å². The Morgan fingerprint density at radius 3 is 1.81 bits per heavy atom. The number of halogens is 3. The summed E-state index contributed by atoms with van der Waals surface area (Å²) in [7, 11) is 0. The van der Waals surface area contributed by atoms with E-state index in [1.165, 1.54) is 23.9 Å². The number of alkyl halides is 3. The minimum Gasteiger partial charge on any atom is -0.350 e. The second kappa shape index (κ2) is 16.4. The molecule has 1 rings (SSSR count). The first-order valence-electron chi connectivity index (χ1n) is 10.6. The van der Waals surface area contributed by atoms with E-state index >= 15 is 0 Å². The van der Waals surface area contributed by atoms with Crippen LogP contribution in [0.15, 0.2) is 70.2 Å². The number of Topliss-reactive ketones (excluding diaryl/α,β-unsaturated/α-hetero) is 1. The Bertz CT molecular complexity index is 797. The standard InChI is InChI=1S/C15H18F3NS.C9H14O.C2H6/c1-5-14(10(2)3)20-11(4)19-13-8-6-12(7-9-13)15(16,17)18;1-5-9(8(4)10)6-7(2)3;1-2/h5-10,19H,4H2,1-3H3;5-6H,1-4H3;1-2H3/b14-5-;9-5+;. The lowest BCUT2D eigenvalue weighted by Crippen LogP contribution is -2.04. The van der Waals surface area contributed by atoms with Crippen LogP contribution in [0, 0.1) is 5.92 Å². The van der Waals surface area contributed by atoms with Gasteiger partial charge in [-0.15, -0.1) is 0 Å². The Balaban J connectivity index is 0. The predicted molar refractivity (Wildman–Crippen MR) is 136 cm³/mol. The van der Waals surface area contributed by atoms with E-state index < -0.39 is 11.7 Å². The molecule has 0 atom stereocenters. The number of rotatable bonds is 7. The Kier molecular flexibility index (Phi) is 16.4. The maximum absolute atomic E-state index is 12.4. The van der Waals surface area contributed by atoms with Gasteiger partial charge in [0.05, 0.1) is 10.6 Å². The topological polar surface area (TPSA) is 29.1 Å². The summed E-state index contributed by atoms with van der Waals surface area (Å²) in [5.41, 5.74) is 1.88. The van der Waals surface area contributed by atoms with Gasteiger partial charge < -0.3 is 5.32 Å². The lowest BCUT2D eigenvalue weighted by molar-refractivity contribution is -0.137. The highest BCUT2D eigenvalue weighted by Crippen LogP contribution is 2.32. The summed E-state index contributed by atoms with van der Waals surface area (Å²) in [5.74, 6) is 0.514. The molecule has 1 aromatic carbocycles. The number of benzene rings is 1. The van der Waals surface area contributed by atoms with Gasteiger partial charge in [0.15, 0.2) is 5.78 Å². The molecule has 0 fully saturated rings. The zero-order valence-corrected chi connectivity index (χ0v) is 21.6. The fourth-order valence-electron chi connectivity index (χ4n) is 2.28. The van der Waals surface area contributed by atoms with Crippen LogP contribution < -0.4 is 5.32 Å². The molecule has 180 valence electrons. The number of carbonyl (C=O) groups excluding carboxylic acids is 1. The molecule has 0 aliphatic carbocycles. The van der Waals surface area contributed by atoms with E-state index in [1.54, 1.807) is 6.92 Å². The molecule has 0 amide bonds. The van der Waals surface area contributed by atoms with Crippen molar-refractivity contribution in [3.05, 3.63) is 75.7 Å². The zero-order valence-electron chi connectivity index (χ0n) is 20.8. The highest BCUT2D eigenvalue weighted by atomic mass is 32.2. The van der Waals surface area contributed by atoms with Gasteiger partial charge in [-0.1, -0.05) is 69.8 Å². The van der Waals surface area contributed by atoms with Crippen molar-refractivity contribution < 1.29 is 18.0 Å². The van der Waals surface area contributed by atoms with E-state index in [1.807, 2.05) is 59.8 Å². The SMILES string of the molecule is C/C=C(\C=C(C)C)C(C)=O.C=C(Nc1ccc(C(F)(F)F)cc1)S/C(=C\C)C(C)C.CC. The summed E-state index contributed by atoms with van der Waals surface area (Å²) in [6.07, 6.45) is 1.42. The minimum atomic E-state index is -4.31. The van der Waals surface area contributed by atoms with Gasteiger partial charge in [-0.2, -0.15) is 13.2 Å². The van der Waals surface area contributed by atoms with Crippen LogP contribution in [0.5, 0.6) is 0 Å². The minimum absolute atomic E-state index is 0.128. The van der Waals surface area contributed by atoms with Gasteiger partial charge in [0.25, 0.3) is 0 Å². The summed E-state index contributed by atoms with van der Waals surface area (Å²) in [6, 6.07) is 4.91. The summed E-state index contributed by atoms with van der Waals surface area (Å²) in [6.45, 7) is 21.4. The van der Waals surface area contributed by atoms with E-state index in [9.17, 15) is 18.0 Å². The van der Waals surface area contributed by atoms with Crippen molar-refractivity contribution in [3.8, 4) is 0 Å². The largest absolute Gasteiger partial charge is 0.416 e. The third kappa shape index (κ3) is 14.0. The smallest absolute Gasteiger partial charge is 0.350 e. The number of carbonyl (C=O) groups is 1. The lowest BCUT2D eigenvalue weighted by atomic mass is 10.1. The van der Waals surface area contributed by atoms with Gasteiger partial charge >= 0.3 is 6.18 Å². The fourth-order valence-corrected chi connectivity index (χ4v) is 3.09. The average molecular weight is 470 g/mol. The fraction of sp³-hybridized carbons (Fsp3) is 0.423. The molecule has 0 heterocycles. The molecule has 0 saturated heterocycles. The first-order chi connectivity index (χ1) is 14.8. The van der Waals surface area contributed by atoms with E-state index in [0.29, 0.717) is 16.6 Å². The molecule has 0 aliphatic heterocycles.